The molecular weight excluding hydrogens is 302 g/mol. The van der Waals surface area contributed by atoms with Gasteiger partial charge in [0.2, 0.25) is 5.91 Å². The maximum Gasteiger partial charge on any atom is 0.248 e. The molecule has 2 aromatic rings. The van der Waals surface area contributed by atoms with Gasteiger partial charge in [0.1, 0.15) is 13.2 Å². The van der Waals surface area contributed by atoms with Gasteiger partial charge in [0.25, 0.3) is 0 Å². The highest BCUT2D eigenvalue weighted by atomic mass is 35.5. The summed E-state index contributed by atoms with van der Waals surface area (Å²) in [5, 5.41) is 3.38. The van der Waals surface area contributed by atoms with Crippen LogP contribution >= 0.6 is 11.6 Å². The molecule has 0 bridgehead atoms. The molecule has 0 saturated carbocycles. The van der Waals surface area contributed by atoms with Crippen molar-refractivity contribution in [3.8, 4) is 11.5 Å². The number of amides is 1. The molecule has 0 fully saturated rings. The van der Waals surface area contributed by atoms with Gasteiger partial charge in [0, 0.05) is 22.9 Å². The zero-order chi connectivity index (χ0) is 15.4. The van der Waals surface area contributed by atoms with Gasteiger partial charge in [-0.05, 0) is 29.8 Å². The van der Waals surface area contributed by atoms with E-state index >= 15 is 0 Å². The molecule has 1 N–H and O–H groups in total. The van der Waals surface area contributed by atoms with E-state index in [1.54, 1.807) is 30.3 Å². The van der Waals surface area contributed by atoms with Crippen LogP contribution in [0.1, 0.15) is 5.56 Å². The van der Waals surface area contributed by atoms with Crippen LogP contribution in [0.2, 0.25) is 5.02 Å². The minimum Gasteiger partial charge on any atom is -0.486 e. The fraction of sp³-hybridized carbons (Fsp3) is 0.118. The van der Waals surface area contributed by atoms with E-state index in [1.165, 1.54) is 6.08 Å². The van der Waals surface area contributed by atoms with Crippen LogP contribution in [0, 0.1) is 0 Å². The maximum absolute atomic E-state index is 12.0. The summed E-state index contributed by atoms with van der Waals surface area (Å²) in [4.78, 5) is 12.0. The van der Waals surface area contributed by atoms with Crippen LogP contribution in [0.5, 0.6) is 11.5 Å². The smallest absolute Gasteiger partial charge is 0.248 e. The molecule has 4 nitrogen and oxygen atoms in total. The zero-order valence-electron chi connectivity index (χ0n) is 11.7. The van der Waals surface area contributed by atoms with Crippen molar-refractivity contribution in [2.24, 2.45) is 0 Å². The fourth-order valence-corrected chi connectivity index (χ4v) is 2.28. The summed E-state index contributed by atoms with van der Waals surface area (Å²) in [5.41, 5.74) is 1.44. The number of nitrogens with one attached hydrogen (secondary N) is 1. The number of carbonyl (C=O) groups excluding carboxylic acids is 1. The van der Waals surface area contributed by atoms with Crippen molar-refractivity contribution in [3.05, 3.63) is 59.1 Å². The molecule has 1 amide bonds. The highest BCUT2D eigenvalue weighted by molar-refractivity contribution is 6.32. The van der Waals surface area contributed by atoms with E-state index in [-0.39, 0.29) is 5.91 Å². The quantitative estimate of drug-likeness (QED) is 0.877. The summed E-state index contributed by atoms with van der Waals surface area (Å²) in [6.45, 7) is 1.05. The van der Waals surface area contributed by atoms with E-state index in [0.717, 1.165) is 5.56 Å². The summed E-state index contributed by atoms with van der Waals surface area (Å²) in [6.07, 6.45) is 3.12. The van der Waals surface area contributed by atoms with Crippen LogP contribution in [0.25, 0.3) is 6.08 Å². The van der Waals surface area contributed by atoms with E-state index in [9.17, 15) is 4.79 Å². The molecule has 112 valence electrons. The average Bonchev–Trinajstić information content (AvgIpc) is 2.54. The molecule has 0 spiro atoms. The molecule has 0 aliphatic carbocycles. The van der Waals surface area contributed by atoms with Crippen LogP contribution in [-0.4, -0.2) is 19.1 Å². The number of hydrogen-bond acceptors (Lipinski definition) is 3. The molecule has 3 rings (SSSR count). The fourth-order valence-electron chi connectivity index (χ4n) is 2.08. The number of fused-ring (bicyclic) bond motifs is 1. The first kappa shape index (κ1) is 14.5. The molecule has 0 aromatic heterocycles. The number of anilines is 1. The van der Waals surface area contributed by atoms with Gasteiger partial charge in [0.05, 0.1) is 0 Å². The first-order chi connectivity index (χ1) is 10.7. The zero-order valence-corrected chi connectivity index (χ0v) is 12.5. The van der Waals surface area contributed by atoms with Crippen molar-refractivity contribution in [2.75, 3.05) is 18.5 Å². The molecular formula is C17H14ClNO3. The summed E-state index contributed by atoms with van der Waals surface area (Å²) >= 11 is 6.03. The van der Waals surface area contributed by atoms with E-state index in [4.69, 9.17) is 21.1 Å². The highest BCUT2D eigenvalue weighted by Crippen LogP contribution is 2.32. The Balaban J connectivity index is 1.68. The summed E-state index contributed by atoms with van der Waals surface area (Å²) in [7, 11) is 0. The Hall–Kier alpha value is -2.46. The van der Waals surface area contributed by atoms with Crippen molar-refractivity contribution >= 4 is 29.3 Å². The minimum atomic E-state index is -0.239. The monoisotopic (exact) mass is 315 g/mol. The summed E-state index contributed by atoms with van der Waals surface area (Å²) in [6, 6.07) is 12.6. The second-order valence-electron chi connectivity index (χ2n) is 4.70. The molecule has 1 heterocycles. The Morgan fingerprint density at radius 1 is 1.09 bits per heavy atom. The van der Waals surface area contributed by atoms with Crippen LogP contribution in [0.3, 0.4) is 0 Å². The van der Waals surface area contributed by atoms with E-state index < -0.39 is 0 Å². The van der Waals surface area contributed by atoms with Crippen LogP contribution in [0.15, 0.2) is 48.5 Å². The predicted molar refractivity (Wildman–Crippen MR) is 86.5 cm³/mol. The van der Waals surface area contributed by atoms with Gasteiger partial charge < -0.3 is 14.8 Å². The normalized spacial score (nSPS) is 13.1. The lowest BCUT2D eigenvalue weighted by molar-refractivity contribution is -0.111. The van der Waals surface area contributed by atoms with Crippen molar-refractivity contribution in [3.63, 3.8) is 0 Å². The van der Waals surface area contributed by atoms with Gasteiger partial charge in [-0.3, -0.25) is 4.79 Å². The van der Waals surface area contributed by atoms with Gasteiger partial charge in [-0.25, -0.2) is 0 Å². The number of hydrogen-bond donors (Lipinski definition) is 1. The number of rotatable bonds is 3. The van der Waals surface area contributed by atoms with Gasteiger partial charge in [-0.1, -0.05) is 29.8 Å². The van der Waals surface area contributed by atoms with Crippen LogP contribution in [0.4, 0.5) is 5.69 Å². The van der Waals surface area contributed by atoms with Crippen molar-refractivity contribution < 1.29 is 14.3 Å². The van der Waals surface area contributed by atoms with Crippen LogP contribution in [-0.2, 0) is 4.79 Å². The second kappa shape index (κ2) is 6.54. The Kier molecular flexibility index (Phi) is 4.30. The van der Waals surface area contributed by atoms with Crippen molar-refractivity contribution in [1.29, 1.82) is 0 Å². The molecule has 2 aromatic carbocycles. The summed E-state index contributed by atoms with van der Waals surface area (Å²) in [5.74, 6) is 1.09. The van der Waals surface area contributed by atoms with Gasteiger partial charge in [-0.15, -0.1) is 0 Å². The number of benzene rings is 2. The summed E-state index contributed by atoms with van der Waals surface area (Å²) < 4.78 is 10.9. The number of ether oxygens (including phenoxy) is 2. The molecule has 5 heteroatoms. The van der Waals surface area contributed by atoms with Gasteiger partial charge in [-0.2, -0.15) is 0 Å². The van der Waals surface area contributed by atoms with Crippen molar-refractivity contribution in [1.82, 2.24) is 0 Å². The van der Waals surface area contributed by atoms with Gasteiger partial charge in [0.15, 0.2) is 11.5 Å². The Bertz CT molecular complexity index is 728. The van der Waals surface area contributed by atoms with Gasteiger partial charge >= 0.3 is 0 Å². The standard InChI is InChI=1S/C17H14ClNO3/c18-14-4-2-1-3-12(14)5-8-17(20)19-13-6-7-15-16(11-13)22-10-9-21-15/h1-8,11H,9-10H2,(H,19,20)/b8-5+. The molecule has 1 aliphatic rings. The lowest BCUT2D eigenvalue weighted by Gasteiger charge is -2.18. The topological polar surface area (TPSA) is 47.6 Å². The molecule has 0 saturated heterocycles. The van der Waals surface area contributed by atoms with Crippen LogP contribution < -0.4 is 14.8 Å². The lowest BCUT2D eigenvalue weighted by atomic mass is 10.2. The predicted octanol–water partition coefficient (Wildman–Crippen LogP) is 3.76. The SMILES string of the molecule is O=C(/C=C/c1ccccc1Cl)Nc1ccc2c(c1)OCCO2. The average molecular weight is 316 g/mol. The second-order valence-corrected chi connectivity index (χ2v) is 5.11. The number of carbonyl (C=O) groups is 1. The Labute approximate surface area is 133 Å². The molecule has 22 heavy (non-hydrogen) atoms. The molecule has 1 aliphatic heterocycles. The van der Waals surface area contributed by atoms with E-state index in [0.29, 0.717) is 35.4 Å². The third kappa shape index (κ3) is 3.40. The molecule has 0 unspecified atom stereocenters. The Morgan fingerprint density at radius 3 is 2.68 bits per heavy atom. The number of halogens is 1. The first-order valence-corrected chi connectivity index (χ1v) is 7.23. The third-order valence-electron chi connectivity index (χ3n) is 3.13. The highest BCUT2D eigenvalue weighted by Gasteiger charge is 2.12. The largest absolute Gasteiger partial charge is 0.486 e. The van der Waals surface area contributed by atoms with E-state index in [2.05, 4.69) is 5.32 Å². The lowest BCUT2D eigenvalue weighted by Crippen LogP contribution is -2.16. The van der Waals surface area contributed by atoms with Crippen molar-refractivity contribution in [2.45, 2.75) is 0 Å². The molecule has 0 atom stereocenters. The maximum atomic E-state index is 12.0. The first-order valence-electron chi connectivity index (χ1n) is 6.85. The third-order valence-corrected chi connectivity index (χ3v) is 3.47. The Morgan fingerprint density at radius 2 is 1.86 bits per heavy atom. The van der Waals surface area contributed by atoms with E-state index in [1.807, 2.05) is 18.2 Å². The molecule has 0 radical (unpaired) electrons. The minimum absolute atomic E-state index is 0.239.